The van der Waals surface area contributed by atoms with Crippen LogP contribution in [0.3, 0.4) is 0 Å². The molecule has 0 aliphatic heterocycles. The van der Waals surface area contributed by atoms with Crippen LogP contribution in [0, 0.1) is 6.92 Å². The highest BCUT2D eigenvalue weighted by atomic mass is 32.2. The third-order valence-corrected chi connectivity index (χ3v) is 5.48. The number of aromatic nitrogens is 2. The molecular weight excluding hydrogens is 358 g/mol. The third kappa shape index (κ3) is 4.39. The molecule has 0 unspecified atom stereocenters. The van der Waals surface area contributed by atoms with Crippen LogP contribution < -0.4 is 0 Å². The first-order chi connectivity index (χ1) is 13.1. The summed E-state index contributed by atoms with van der Waals surface area (Å²) >= 11 is 1.30. The Morgan fingerprint density at radius 1 is 1.04 bits per heavy atom. The number of carbonyl (C=O) groups is 1. The number of hydrogen-bond donors (Lipinski definition) is 0. The van der Waals surface area contributed by atoms with Crippen molar-refractivity contribution in [2.75, 3.05) is 13.1 Å². The molecule has 3 aromatic rings. The highest BCUT2D eigenvalue weighted by molar-refractivity contribution is 8.00. The van der Waals surface area contributed by atoms with Gasteiger partial charge in [-0.05, 0) is 49.7 Å². The molecule has 0 aliphatic carbocycles. The minimum atomic E-state index is -0.420. The van der Waals surface area contributed by atoms with E-state index in [9.17, 15) is 4.79 Å². The molecule has 1 aromatic heterocycles. The lowest BCUT2D eigenvalue weighted by atomic mass is 10.1. The van der Waals surface area contributed by atoms with Crippen LogP contribution in [0.5, 0.6) is 0 Å². The van der Waals surface area contributed by atoms with Crippen molar-refractivity contribution in [1.82, 2.24) is 15.1 Å². The number of nitrogens with zero attached hydrogens (tertiary/aromatic N) is 3. The van der Waals surface area contributed by atoms with Gasteiger partial charge in [0.2, 0.25) is 11.8 Å². The van der Waals surface area contributed by atoms with Crippen molar-refractivity contribution in [3.63, 3.8) is 0 Å². The van der Waals surface area contributed by atoms with Crippen LogP contribution in [-0.2, 0) is 4.79 Å². The normalized spacial score (nSPS) is 12.0. The Balaban J connectivity index is 1.89. The van der Waals surface area contributed by atoms with Gasteiger partial charge in [0.1, 0.15) is 5.25 Å². The van der Waals surface area contributed by atoms with Gasteiger partial charge in [0.05, 0.1) is 0 Å². The Labute approximate surface area is 163 Å². The maximum atomic E-state index is 13.1. The summed E-state index contributed by atoms with van der Waals surface area (Å²) in [5.74, 6) is 0.518. The minimum Gasteiger partial charge on any atom is -0.411 e. The van der Waals surface area contributed by atoms with Gasteiger partial charge in [0, 0.05) is 18.7 Å². The molecule has 2 aromatic carbocycles. The molecule has 140 valence electrons. The van der Waals surface area contributed by atoms with Crippen LogP contribution in [0.15, 0.2) is 64.2 Å². The number of hydrogen-bond acceptors (Lipinski definition) is 5. The van der Waals surface area contributed by atoms with E-state index in [2.05, 4.69) is 10.2 Å². The first kappa shape index (κ1) is 19.2. The van der Waals surface area contributed by atoms with Gasteiger partial charge in [-0.15, -0.1) is 10.2 Å². The second-order valence-electron chi connectivity index (χ2n) is 6.11. The molecule has 0 spiro atoms. The van der Waals surface area contributed by atoms with E-state index in [0.717, 1.165) is 16.7 Å². The predicted molar refractivity (Wildman–Crippen MR) is 107 cm³/mol. The Morgan fingerprint density at radius 2 is 1.70 bits per heavy atom. The largest absolute Gasteiger partial charge is 0.411 e. The lowest BCUT2D eigenvalue weighted by Gasteiger charge is -2.24. The van der Waals surface area contributed by atoms with Crippen LogP contribution >= 0.6 is 11.8 Å². The fraction of sp³-hybridized carbons (Fsp3) is 0.286. The molecule has 3 rings (SSSR count). The third-order valence-electron chi connectivity index (χ3n) is 4.40. The van der Waals surface area contributed by atoms with Gasteiger partial charge in [-0.3, -0.25) is 4.79 Å². The van der Waals surface area contributed by atoms with Crippen LogP contribution in [0.25, 0.3) is 11.5 Å². The number of carbonyl (C=O) groups excluding carboxylic acids is 1. The Kier molecular flexibility index (Phi) is 6.29. The average molecular weight is 382 g/mol. The number of likely N-dealkylation sites (N-methyl/N-ethyl adjacent to an activating group) is 1. The SMILES string of the molecule is CCN(CC)C(=O)[C@H](Sc1nnc(-c2ccccc2C)o1)c1ccccc1. The zero-order valence-corrected chi connectivity index (χ0v) is 16.6. The van der Waals surface area contributed by atoms with E-state index in [-0.39, 0.29) is 5.91 Å². The molecular formula is C21H23N3O2S. The van der Waals surface area contributed by atoms with E-state index in [1.807, 2.05) is 80.3 Å². The maximum Gasteiger partial charge on any atom is 0.277 e. The number of amides is 1. The molecule has 5 nitrogen and oxygen atoms in total. The standard InChI is InChI=1S/C21H23N3O2S/c1-4-24(5-2)20(25)18(16-12-7-6-8-13-16)27-21-23-22-19(26-21)17-14-10-9-11-15(17)3/h6-14,18H,4-5H2,1-3H3/t18-/m1/s1. The van der Waals surface area contributed by atoms with Crippen molar-refractivity contribution in [1.29, 1.82) is 0 Å². The fourth-order valence-electron chi connectivity index (χ4n) is 2.87. The monoisotopic (exact) mass is 381 g/mol. The number of aryl methyl sites for hydroxylation is 1. The first-order valence-electron chi connectivity index (χ1n) is 9.04. The van der Waals surface area contributed by atoms with Gasteiger partial charge < -0.3 is 9.32 Å². The summed E-state index contributed by atoms with van der Waals surface area (Å²) in [6, 6.07) is 17.6. The molecule has 0 aliphatic rings. The molecule has 0 N–H and O–H groups in total. The minimum absolute atomic E-state index is 0.0480. The Morgan fingerprint density at radius 3 is 2.37 bits per heavy atom. The zero-order chi connectivity index (χ0) is 19.2. The van der Waals surface area contributed by atoms with E-state index in [0.29, 0.717) is 24.2 Å². The molecule has 1 amide bonds. The average Bonchev–Trinajstić information content (AvgIpc) is 3.16. The molecule has 0 bridgehead atoms. The highest BCUT2D eigenvalue weighted by Crippen LogP contribution is 2.37. The topological polar surface area (TPSA) is 59.2 Å². The Bertz CT molecular complexity index is 891. The van der Waals surface area contributed by atoms with Gasteiger partial charge in [-0.2, -0.15) is 0 Å². The summed E-state index contributed by atoms with van der Waals surface area (Å²) in [4.78, 5) is 14.9. The lowest BCUT2D eigenvalue weighted by Crippen LogP contribution is -2.33. The van der Waals surface area contributed by atoms with E-state index in [1.165, 1.54) is 11.8 Å². The van der Waals surface area contributed by atoms with E-state index >= 15 is 0 Å². The van der Waals surface area contributed by atoms with Crippen LogP contribution in [0.1, 0.15) is 30.2 Å². The summed E-state index contributed by atoms with van der Waals surface area (Å²) in [5.41, 5.74) is 2.90. The molecule has 1 heterocycles. The van der Waals surface area contributed by atoms with Crippen molar-refractivity contribution in [3.8, 4) is 11.5 Å². The van der Waals surface area contributed by atoms with Gasteiger partial charge in [-0.25, -0.2) is 0 Å². The smallest absolute Gasteiger partial charge is 0.277 e. The maximum absolute atomic E-state index is 13.1. The second kappa shape index (κ2) is 8.86. The first-order valence-corrected chi connectivity index (χ1v) is 9.91. The Hall–Kier alpha value is -2.60. The number of thioether (sulfide) groups is 1. The van der Waals surface area contributed by atoms with E-state index in [4.69, 9.17) is 4.42 Å². The summed E-state index contributed by atoms with van der Waals surface area (Å²) in [6.45, 7) is 7.30. The number of benzene rings is 2. The van der Waals surface area contributed by atoms with Crippen LogP contribution in [0.2, 0.25) is 0 Å². The van der Waals surface area contributed by atoms with Gasteiger partial charge in [0.25, 0.3) is 5.22 Å². The molecule has 0 saturated heterocycles. The molecule has 0 radical (unpaired) electrons. The summed E-state index contributed by atoms with van der Waals surface area (Å²) in [6.07, 6.45) is 0. The molecule has 27 heavy (non-hydrogen) atoms. The number of rotatable bonds is 7. The quantitative estimate of drug-likeness (QED) is 0.553. The zero-order valence-electron chi connectivity index (χ0n) is 15.8. The summed E-state index contributed by atoms with van der Waals surface area (Å²) in [7, 11) is 0. The summed E-state index contributed by atoms with van der Waals surface area (Å²) in [5, 5.41) is 8.32. The van der Waals surface area contributed by atoms with Gasteiger partial charge in [0.15, 0.2) is 0 Å². The lowest BCUT2D eigenvalue weighted by molar-refractivity contribution is -0.130. The highest BCUT2D eigenvalue weighted by Gasteiger charge is 2.28. The summed E-state index contributed by atoms with van der Waals surface area (Å²) < 4.78 is 5.87. The molecule has 0 saturated carbocycles. The van der Waals surface area contributed by atoms with E-state index in [1.54, 1.807) is 0 Å². The van der Waals surface area contributed by atoms with Crippen molar-refractivity contribution < 1.29 is 9.21 Å². The van der Waals surface area contributed by atoms with Crippen molar-refractivity contribution in [2.45, 2.75) is 31.2 Å². The second-order valence-corrected chi connectivity index (χ2v) is 7.16. The van der Waals surface area contributed by atoms with Gasteiger partial charge in [-0.1, -0.05) is 48.5 Å². The van der Waals surface area contributed by atoms with Crippen LogP contribution in [-0.4, -0.2) is 34.1 Å². The van der Waals surface area contributed by atoms with Crippen molar-refractivity contribution in [2.24, 2.45) is 0 Å². The molecule has 0 fully saturated rings. The van der Waals surface area contributed by atoms with Crippen molar-refractivity contribution >= 4 is 17.7 Å². The predicted octanol–water partition coefficient (Wildman–Crippen LogP) is 4.75. The fourth-order valence-corrected chi connectivity index (χ4v) is 3.83. The van der Waals surface area contributed by atoms with Gasteiger partial charge >= 0.3 is 0 Å². The van der Waals surface area contributed by atoms with E-state index < -0.39 is 5.25 Å². The molecule has 6 heteroatoms. The molecule has 1 atom stereocenters. The van der Waals surface area contributed by atoms with Crippen LogP contribution in [0.4, 0.5) is 0 Å². The van der Waals surface area contributed by atoms with Crippen molar-refractivity contribution in [3.05, 3.63) is 65.7 Å².